The molecular formula is C23H20O4S2. The van der Waals surface area contributed by atoms with E-state index in [1.807, 2.05) is 24.3 Å². The van der Waals surface area contributed by atoms with E-state index < -0.39 is 5.97 Å². The van der Waals surface area contributed by atoms with E-state index in [0.717, 1.165) is 44.5 Å². The average molecular weight is 425 g/mol. The number of hydrogen-bond donors (Lipinski definition) is 0. The van der Waals surface area contributed by atoms with E-state index in [4.69, 9.17) is 4.74 Å². The molecule has 4 nitrogen and oxygen atoms in total. The van der Waals surface area contributed by atoms with Crippen molar-refractivity contribution in [3.8, 4) is 5.75 Å². The zero-order chi connectivity index (χ0) is 21.4. The van der Waals surface area contributed by atoms with Crippen LogP contribution >= 0.6 is 23.5 Å². The van der Waals surface area contributed by atoms with Crippen LogP contribution in [0.5, 0.6) is 5.75 Å². The van der Waals surface area contributed by atoms with Crippen LogP contribution in [0.2, 0.25) is 0 Å². The predicted octanol–water partition coefficient (Wildman–Crippen LogP) is 5.70. The van der Waals surface area contributed by atoms with Crippen LogP contribution in [0.4, 0.5) is 0 Å². The summed E-state index contributed by atoms with van der Waals surface area (Å²) in [7, 11) is 0. The van der Waals surface area contributed by atoms with Gasteiger partial charge in [0.25, 0.3) is 0 Å². The minimum Gasteiger partial charge on any atom is -0.423 e. The summed E-state index contributed by atoms with van der Waals surface area (Å²) < 4.78 is 5.32. The number of esters is 1. The van der Waals surface area contributed by atoms with E-state index in [1.54, 1.807) is 38.1 Å². The van der Waals surface area contributed by atoms with Crippen molar-refractivity contribution in [2.75, 3.05) is 0 Å². The molecule has 0 aromatic heterocycles. The molecule has 148 valence electrons. The molecule has 0 unspecified atom stereocenters. The summed E-state index contributed by atoms with van der Waals surface area (Å²) in [5, 5.41) is -0.228. The maximum Gasteiger partial charge on any atom is 0.336 e. The Balaban J connectivity index is 1.98. The second kappa shape index (κ2) is 10.6. The molecule has 0 fully saturated rings. The standard InChI is InChI=1S/C23H20O4S2/c1-5-22(25)28-19-10-6-17(7-11-19)16(4)14-21(24)27-18-8-12-20(13-9-18)29-23(26)15(2)3/h5-14H,1-2H2,3-4H3. The molecule has 0 atom stereocenters. The van der Waals surface area contributed by atoms with Crippen molar-refractivity contribution >= 4 is 45.3 Å². The quantitative estimate of drug-likeness (QED) is 0.246. The first-order chi connectivity index (χ1) is 13.8. The summed E-state index contributed by atoms with van der Waals surface area (Å²) in [6.07, 6.45) is 2.67. The van der Waals surface area contributed by atoms with Gasteiger partial charge in [-0.2, -0.15) is 0 Å². The van der Waals surface area contributed by atoms with E-state index in [0.29, 0.717) is 11.3 Å². The number of carbonyl (C=O) groups excluding carboxylic acids is 3. The zero-order valence-electron chi connectivity index (χ0n) is 16.1. The third kappa shape index (κ3) is 7.25. The second-order valence-corrected chi connectivity index (χ2v) is 8.16. The molecule has 2 aromatic carbocycles. The van der Waals surface area contributed by atoms with Gasteiger partial charge in [0.15, 0.2) is 0 Å². The largest absolute Gasteiger partial charge is 0.423 e. The molecule has 29 heavy (non-hydrogen) atoms. The monoisotopic (exact) mass is 424 g/mol. The summed E-state index contributed by atoms with van der Waals surface area (Å²) in [5.41, 5.74) is 2.06. The number of thioether (sulfide) groups is 2. The first kappa shape index (κ1) is 22.5. The molecule has 2 aromatic rings. The summed E-state index contributed by atoms with van der Waals surface area (Å²) in [5.74, 6) is -0.109. The minimum atomic E-state index is -0.499. The van der Waals surface area contributed by atoms with Crippen molar-refractivity contribution in [2.45, 2.75) is 23.6 Å². The highest BCUT2D eigenvalue weighted by Crippen LogP contribution is 2.25. The van der Waals surface area contributed by atoms with Crippen LogP contribution in [0.25, 0.3) is 5.57 Å². The third-order valence-electron chi connectivity index (χ3n) is 3.63. The van der Waals surface area contributed by atoms with Gasteiger partial charge in [-0.05, 0) is 96.6 Å². The van der Waals surface area contributed by atoms with Crippen LogP contribution in [0.3, 0.4) is 0 Å². The van der Waals surface area contributed by atoms with E-state index in [-0.39, 0.29) is 10.2 Å². The molecule has 0 radical (unpaired) electrons. The maximum absolute atomic E-state index is 12.2. The molecule has 6 heteroatoms. The lowest BCUT2D eigenvalue weighted by Gasteiger charge is -2.06. The van der Waals surface area contributed by atoms with Crippen LogP contribution in [0.1, 0.15) is 19.4 Å². The summed E-state index contributed by atoms with van der Waals surface area (Å²) in [6, 6.07) is 14.0. The Hall–Kier alpha value is -2.83. The summed E-state index contributed by atoms with van der Waals surface area (Å²) in [4.78, 5) is 36.8. The highest BCUT2D eigenvalue weighted by molar-refractivity contribution is 8.14. The molecule has 0 aliphatic heterocycles. The SMILES string of the molecule is C=CC(=O)Sc1ccc(C(C)=CC(=O)Oc2ccc(SC(=O)C(=C)C)cc2)cc1. The van der Waals surface area contributed by atoms with Gasteiger partial charge < -0.3 is 4.74 Å². The van der Waals surface area contributed by atoms with Gasteiger partial charge in [-0.25, -0.2) is 4.79 Å². The van der Waals surface area contributed by atoms with Crippen molar-refractivity contribution in [3.63, 3.8) is 0 Å². The maximum atomic E-state index is 12.2. The van der Waals surface area contributed by atoms with Gasteiger partial charge >= 0.3 is 5.97 Å². The van der Waals surface area contributed by atoms with Crippen molar-refractivity contribution in [1.29, 1.82) is 0 Å². The molecule has 2 rings (SSSR count). The van der Waals surface area contributed by atoms with Crippen molar-refractivity contribution in [1.82, 2.24) is 0 Å². The number of ether oxygens (including phenoxy) is 1. The highest BCUT2D eigenvalue weighted by Gasteiger charge is 2.08. The van der Waals surface area contributed by atoms with E-state index in [9.17, 15) is 14.4 Å². The second-order valence-electron chi connectivity index (χ2n) is 6.04. The smallest absolute Gasteiger partial charge is 0.336 e. The molecule has 0 N–H and O–H groups in total. The van der Waals surface area contributed by atoms with E-state index >= 15 is 0 Å². The molecular weight excluding hydrogens is 404 g/mol. The Morgan fingerprint density at radius 1 is 0.897 bits per heavy atom. The molecule has 0 bridgehead atoms. The van der Waals surface area contributed by atoms with Crippen molar-refractivity contribution < 1.29 is 19.1 Å². The van der Waals surface area contributed by atoms with Crippen LogP contribution in [-0.4, -0.2) is 16.2 Å². The fourth-order valence-electron chi connectivity index (χ4n) is 2.12. The Labute approximate surface area is 178 Å². The van der Waals surface area contributed by atoms with Crippen molar-refractivity contribution in [3.05, 3.63) is 85.0 Å². The van der Waals surface area contributed by atoms with Crippen LogP contribution in [0.15, 0.2) is 89.2 Å². The van der Waals surface area contributed by atoms with Crippen LogP contribution in [-0.2, 0) is 14.4 Å². The summed E-state index contributed by atoms with van der Waals surface area (Å²) >= 11 is 2.16. The first-order valence-electron chi connectivity index (χ1n) is 8.61. The van der Waals surface area contributed by atoms with Gasteiger partial charge in [0.05, 0.1) is 0 Å². The van der Waals surface area contributed by atoms with Gasteiger partial charge in [0.2, 0.25) is 10.2 Å². The lowest BCUT2D eigenvalue weighted by Crippen LogP contribution is -2.04. The molecule has 0 amide bonds. The molecule has 0 saturated heterocycles. The zero-order valence-corrected chi connectivity index (χ0v) is 17.8. The molecule has 0 aliphatic carbocycles. The number of rotatable bonds is 7. The van der Waals surface area contributed by atoms with Gasteiger partial charge in [-0.15, -0.1) is 0 Å². The molecule has 0 spiro atoms. The average Bonchev–Trinajstić information content (AvgIpc) is 2.69. The van der Waals surface area contributed by atoms with Gasteiger partial charge in [0, 0.05) is 15.9 Å². The highest BCUT2D eigenvalue weighted by atomic mass is 32.2. The third-order valence-corrected chi connectivity index (χ3v) is 5.55. The number of hydrogen-bond acceptors (Lipinski definition) is 6. The van der Waals surface area contributed by atoms with Gasteiger partial charge in [0.1, 0.15) is 5.75 Å². The van der Waals surface area contributed by atoms with Gasteiger partial charge in [-0.3, -0.25) is 9.59 Å². The summed E-state index contributed by atoms with van der Waals surface area (Å²) in [6.45, 7) is 10.5. The number of carbonyl (C=O) groups is 3. The Bertz CT molecular complexity index is 971. The molecule has 0 heterocycles. The van der Waals surface area contributed by atoms with Crippen LogP contribution < -0.4 is 4.74 Å². The van der Waals surface area contributed by atoms with Crippen molar-refractivity contribution in [2.24, 2.45) is 0 Å². The molecule has 0 aliphatic rings. The minimum absolute atomic E-state index is 0.105. The van der Waals surface area contributed by atoms with Crippen LogP contribution in [0, 0.1) is 0 Å². The first-order valence-corrected chi connectivity index (χ1v) is 10.2. The number of benzene rings is 2. The lowest BCUT2D eigenvalue weighted by molar-refractivity contribution is -0.129. The van der Waals surface area contributed by atoms with E-state index in [2.05, 4.69) is 13.2 Å². The lowest BCUT2D eigenvalue weighted by atomic mass is 10.1. The Morgan fingerprint density at radius 3 is 2.00 bits per heavy atom. The number of allylic oxidation sites excluding steroid dienone is 1. The predicted molar refractivity (Wildman–Crippen MR) is 119 cm³/mol. The van der Waals surface area contributed by atoms with Gasteiger partial charge in [-0.1, -0.05) is 25.3 Å². The fourth-order valence-corrected chi connectivity index (χ4v) is 3.37. The normalized spacial score (nSPS) is 10.9. The topological polar surface area (TPSA) is 60.4 Å². The Morgan fingerprint density at radius 2 is 1.45 bits per heavy atom. The van der Waals surface area contributed by atoms with E-state index in [1.165, 1.54) is 12.2 Å². The fraction of sp³-hybridized carbons (Fsp3) is 0.0870. The molecule has 0 saturated carbocycles. The Kier molecular flexibility index (Phi) is 8.24.